The predicted molar refractivity (Wildman–Crippen MR) is 96.5 cm³/mol. The minimum atomic E-state index is -0.611. The van der Waals surface area contributed by atoms with Crippen molar-refractivity contribution in [3.05, 3.63) is 47.2 Å². The maximum Gasteiger partial charge on any atom is 0.253 e. The molecule has 6 heteroatoms. The summed E-state index contributed by atoms with van der Waals surface area (Å²) in [6.45, 7) is 11.8. The number of aryl methyl sites for hydroxylation is 1. The van der Waals surface area contributed by atoms with Gasteiger partial charge in [0.2, 0.25) is 5.91 Å². The Morgan fingerprint density at radius 3 is 2.52 bits per heavy atom. The van der Waals surface area contributed by atoms with Crippen LogP contribution in [-0.4, -0.2) is 28.0 Å². The van der Waals surface area contributed by atoms with E-state index in [4.69, 9.17) is 4.42 Å². The Morgan fingerprint density at radius 2 is 1.96 bits per heavy atom. The van der Waals surface area contributed by atoms with Crippen LogP contribution in [0.3, 0.4) is 0 Å². The van der Waals surface area contributed by atoms with Crippen molar-refractivity contribution in [2.75, 3.05) is 0 Å². The molecule has 0 radical (unpaired) electrons. The third-order valence-electron chi connectivity index (χ3n) is 3.95. The van der Waals surface area contributed by atoms with Gasteiger partial charge < -0.3 is 19.6 Å². The summed E-state index contributed by atoms with van der Waals surface area (Å²) in [4.78, 5) is 24.7. The monoisotopic (exact) mass is 345 g/mol. The number of nitrogens with zero attached hydrogens (tertiary/aromatic N) is 1. The minimum absolute atomic E-state index is 0.203. The van der Waals surface area contributed by atoms with Crippen LogP contribution in [0.5, 0.6) is 0 Å². The van der Waals surface area contributed by atoms with Crippen molar-refractivity contribution in [3.8, 4) is 0 Å². The van der Waals surface area contributed by atoms with Gasteiger partial charge in [-0.1, -0.05) is 0 Å². The van der Waals surface area contributed by atoms with Crippen LogP contribution in [0, 0.1) is 13.8 Å². The number of rotatable bonds is 5. The van der Waals surface area contributed by atoms with E-state index in [0.717, 1.165) is 17.1 Å². The molecule has 0 aliphatic rings. The predicted octanol–water partition coefficient (Wildman–Crippen LogP) is 2.78. The molecule has 0 aromatic carbocycles. The van der Waals surface area contributed by atoms with Gasteiger partial charge in [0.15, 0.2) is 0 Å². The first-order valence-electron chi connectivity index (χ1n) is 8.40. The molecule has 2 aromatic rings. The van der Waals surface area contributed by atoms with Gasteiger partial charge in [-0.2, -0.15) is 0 Å². The van der Waals surface area contributed by atoms with Crippen molar-refractivity contribution in [3.63, 3.8) is 0 Å². The van der Waals surface area contributed by atoms with E-state index in [1.807, 2.05) is 57.4 Å². The zero-order valence-electron chi connectivity index (χ0n) is 15.8. The fraction of sp³-hybridized carbons (Fsp3) is 0.474. The molecule has 136 valence electrons. The Kier molecular flexibility index (Phi) is 5.40. The van der Waals surface area contributed by atoms with Crippen molar-refractivity contribution < 1.29 is 14.0 Å². The van der Waals surface area contributed by atoms with E-state index in [1.165, 1.54) is 0 Å². The van der Waals surface area contributed by atoms with Crippen LogP contribution >= 0.6 is 0 Å². The zero-order valence-corrected chi connectivity index (χ0v) is 15.8. The van der Waals surface area contributed by atoms with Crippen LogP contribution < -0.4 is 10.6 Å². The molecular weight excluding hydrogens is 318 g/mol. The van der Waals surface area contributed by atoms with Gasteiger partial charge in [0.1, 0.15) is 11.8 Å². The van der Waals surface area contributed by atoms with Gasteiger partial charge in [-0.3, -0.25) is 9.59 Å². The first-order chi connectivity index (χ1) is 11.6. The summed E-state index contributed by atoms with van der Waals surface area (Å²) in [6.07, 6.45) is 1.63. The summed E-state index contributed by atoms with van der Waals surface area (Å²) in [6, 6.07) is 4.96. The van der Waals surface area contributed by atoms with Gasteiger partial charge in [0.25, 0.3) is 5.91 Å². The van der Waals surface area contributed by atoms with Gasteiger partial charge in [-0.15, -0.1) is 0 Å². The Balaban J connectivity index is 2.11. The minimum Gasteiger partial charge on any atom is -0.467 e. The highest BCUT2D eigenvalue weighted by atomic mass is 16.3. The van der Waals surface area contributed by atoms with Gasteiger partial charge in [0, 0.05) is 16.9 Å². The van der Waals surface area contributed by atoms with Crippen LogP contribution in [0.2, 0.25) is 0 Å². The number of hydrogen-bond acceptors (Lipinski definition) is 3. The summed E-state index contributed by atoms with van der Waals surface area (Å²) in [7, 11) is 0. The molecule has 2 N–H and O–H groups in total. The van der Waals surface area contributed by atoms with E-state index >= 15 is 0 Å². The second-order valence-electron chi connectivity index (χ2n) is 7.38. The van der Waals surface area contributed by atoms with Crippen molar-refractivity contribution in [2.24, 2.45) is 0 Å². The number of amides is 2. The molecule has 2 aromatic heterocycles. The third-order valence-corrected chi connectivity index (χ3v) is 3.95. The van der Waals surface area contributed by atoms with E-state index in [2.05, 4.69) is 10.6 Å². The Morgan fingerprint density at radius 1 is 1.28 bits per heavy atom. The standard InChI is InChI=1S/C19H27N3O3/c1-12-10-16(14(3)22(12)11-15-8-7-9-25-15)18(24)20-13(2)17(23)21-19(4,5)6/h7-10,13H,11H2,1-6H3,(H,20,24)(H,21,23)/t13-/m0/s1. The lowest BCUT2D eigenvalue weighted by Crippen LogP contribution is -2.50. The maximum absolute atomic E-state index is 12.6. The largest absolute Gasteiger partial charge is 0.467 e. The van der Waals surface area contributed by atoms with Gasteiger partial charge in [-0.05, 0) is 59.7 Å². The molecule has 2 amide bonds. The average molecular weight is 345 g/mol. The van der Waals surface area contributed by atoms with Crippen LogP contribution in [0.4, 0.5) is 0 Å². The second-order valence-corrected chi connectivity index (χ2v) is 7.38. The Hall–Kier alpha value is -2.50. The molecule has 0 fully saturated rings. The highest BCUT2D eigenvalue weighted by Gasteiger charge is 2.23. The van der Waals surface area contributed by atoms with Gasteiger partial charge in [-0.25, -0.2) is 0 Å². The van der Waals surface area contributed by atoms with Gasteiger partial charge >= 0.3 is 0 Å². The second kappa shape index (κ2) is 7.17. The van der Waals surface area contributed by atoms with Crippen molar-refractivity contribution in [1.29, 1.82) is 0 Å². The summed E-state index contributed by atoms with van der Waals surface area (Å²) in [5.41, 5.74) is 2.04. The topological polar surface area (TPSA) is 76.3 Å². The Bertz CT molecular complexity index is 752. The molecule has 0 saturated carbocycles. The summed E-state index contributed by atoms with van der Waals surface area (Å²) in [5.74, 6) is 0.368. The first kappa shape index (κ1) is 18.8. The first-order valence-corrected chi connectivity index (χ1v) is 8.40. The fourth-order valence-electron chi connectivity index (χ4n) is 2.65. The van der Waals surface area contributed by atoms with Crippen LogP contribution in [0.15, 0.2) is 28.9 Å². The fourth-order valence-corrected chi connectivity index (χ4v) is 2.65. The van der Waals surface area contributed by atoms with E-state index in [9.17, 15) is 9.59 Å². The summed E-state index contributed by atoms with van der Waals surface area (Å²) < 4.78 is 7.41. The lowest BCUT2D eigenvalue weighted by molar-refractivity contribution is -0.124. The lowest BCUT2D eigenvalue weighted by Gasteiger charge is -2.23. The molecule has 2 heterocycles. The van der Waals surface area contributed by atoms with Crippen LogP contribution in [-0.2, 0) is 11.3 Å². The SMILES string of the molecule is Cc1cc(C(=O)N[C@@H](C)C(=O)NC(C)(C)C)c(C)n1Cc1ccco1. The number of furan rings is 1. The molecule has 0 aliphatic heterocycles. The summed E-state index contributed by atoms with van der Waals surface area (Å²) >= 11 is 0. The normalized spacial score (nSPS) is 12.7. The number of aromatic nitrogens is 1. The molecule has 0 saturated heterocycles. The smallest absolute Gasteiger partial charge is 0.253 e. The third kappa shape index (κ3) is 4.75. The number of nitrogens with one attached hydrogen (secondary N) is 2. The quantitative estimate of drug-likeness (QED) is 0.875. The summed E-state index contributed by atoms with van der Waals surface area (Å²) in [5, 5.41) is 5.64. The number of hydrogen-bond donors (Lipinski definition) is 2. The van der Waals surface area contributed by atoms with Crippen molar-refractivity contribution in [2.45, 2.75) is 59.7 Å². The molecule has 0 bridgehead atoms. The molecule has 2 rings (SSSR count). The molecule has 6 nitrogen and oxygen atoms in total. The molecule has 1 atom stereocenters. The number of carbonyl (C=O) groups excluding carboxylic acids is 2. The van der Waals surface area contributed by atoms with Crippen molar-refractivity contribution >= 4 is 11.8 Å². The molecule has 0 aliphatic carbocycles. The molecule has 0 spiro atoms. The maximum atomic E-state index is 12.6. The molecular formula is C19H27N3O3. The Labute approximate surface area is 148 Å². The van der Waals surface area contributed by atoms with Gasteiger partial charge in [0.05, 0.1) is 18.4 Å². The molecule has 25 heavy (non-hydrogen) atoms. The van der Waals surface area contributed by atoms with E-state index in [-0.39, 0.29) is 17.4 Å². The highest BCUT2D eigenvalue weighted by molar-refractivity contribution is 5.98. The molecule has 0 unspecified atom stereocenters. The van der Waals surface area contributed by atoms with Crippen molar-refractivity contribution in [1.82, 2.24) is 15.2 Å². The average Bonchev–Trinajstić information content (AvgIpc) is 3.09. The lowest BCUT2D eigenvalue weighted by atomic mass is 10.1. The van der Waals surface area contributed by atoms with E-state index < -0.39 is 6.04 Å². The highest BCUT2D eigenvalue weighted by Crippen LogP contribution is 2.17. The van der Waals surface area contributed by atoms with Crippen LogP contribution in [0.25, 0.3) is 0 Å². The number of carbonyl (C=O) groups is 2. The van der Waals surface area contributed by atoms with E-state index in [1.54, 1.807) is 13.2 Å². The zero-order chi connectivity index (χ0) is 18.8. The van der Waals surface area contributed by atoms with E-state index in [0.29, 0.717) is 12.1 Å². The van der Waals surface area contributed by atoms with Crippen LogP contribution in [0.1, 0.15) is 55.2 Å².